The highest BCUT2D eigenvalue weighted by Crippen LogP contribution is 2.06. The summed E-state index contributed by atoms with van der Waals surface area (Å²) in [4.78, 5) is 13.0. The minimum atomic E-state index is -0.469. The fourth-order valence-electron chi connectivity index (χ4n) is 1.31. The van der Waals surface area contributed by atoms with Gasteiger partial charge in [-0.1, -0.05) is 6.08 Å². The summed E-state index contributed by atoms with van der Waals surface area (Å²) in [6, 6.07) is 1.24. The van der Waals surface area contributed by atoms with E-state index in [0.717, 1.165) is 6.26 Å². The van der Waals surface area contributed by atoms with Crippen LogP contribution in [-0.2, 0) is 6.54 Å². The Morgan fingerprint density at radius 2 is 2.31 bits per heavy atom. The smallest absolute Gasteiger partial charge is 0.226 e. The van der Waals surface area contributed by atoms with E-state index in [1.54, 1.807) is 6.08 Å². The number of aromatic hydroxyl groups is 1. The fourth-order valence-corrected chi connectivity index (χ4v) is 1.31. The zero-order chi connectivity index (χ0) is 12.0. The Morgan fingerprint density at radius 1 is 1.56 bits per heavy atom. The molecule has 0 atom stereocenters. The van der Waals surface area contributed by atoms with Crippen LogP contribution >= 0.6 is 0 Å². The van der Waals surface area contributed by atoms with E-state index >= 15 is 0 Å². The average molecular weight is 225 g/mol. The zero-order valence-corrected chi connectivity index (χ0v) is 8.93. The van der Waals surface area contributed by atoms with Crippen LogP contribution in [0.1, 0.15) is 5.76 Å². The highest BCUT2D eigenvalue weighted by molar-refractivity contribution is 5.15. The quantitative estimate of drug-likeness (QED) is 0.682. The number of rotatable bonds is 6. The molecule has 16 heavy (non-hydrogen) atoms. The van der Waals surface area contributed by atoms with Gasteiger partial charge in [0.15, 0.2) is 5.75 Å². The summed E-state index contributed by atoms with van der Waals surface area (Å²) >= 11 is 0. The van der Waals surface area contributed by atoms with Gasteiger partial charge in [-0.25, -0.2) is 0 Å². The van der Waals surface area contributed by atoms with E-state index in [2.05, 4.69) is 6.58 Å². The van der Waals surface area contributed by atoms with E-state index < -0.39 is 11.2 Å². The van der Waals surface area contributed by atoms with E-state index in [0.29, 0.717) is 25.4 Å². The molecule has 1 rings (SSSR count). The van der Waals surface area contributed by atoms with Crippen molar-refractivity contribution in [2.24, 2.45) is 0 Å². The van der Waals surface area contributed by atoms with E-state index in [1.165, 1.54) is 6.07 Å². The number of aliphatic hydroxyl groups excluding tert-OH is 1. The molecular weight excluding hydrogens is 210 g/mol. The largest absolute Gasteiger partial charge is 0.502 e. The molecule has 0 saturated heterocycles. The lowest BCUT2D eigenvalue weighted by Crippen LogP contribution is -2.26. The molecule has 0 spiro atoms. The molecule has 1 aromatic rings. The van der Waals surface area contributed by atoms with Gasteiger partial charge in [0.2, 0.25) is 5.43 Å². The number of nitrogens with zero attached hydrogens (tertiary/aromatic N) is 1. The van der Waals surface area contributed by atoms with Crippen LogP contribution in [0.2, 0.25) is 0 Å². The first-order valence-corrected chi connectivity index (χ1v) is 4.92. The van der Waals surface area contributed by atoms with E-state index in [-0.39, 0.29) is 6.61 Å². The van der Waals surface area contributed by atoms with Crippen LogP contribution in [0.15, 0.2) is 34.2 Å². The SMILES string of the molecule is C=CCN(CCO)Cc1cc(=O)c(O)co1. The van der Waals surface area contributed by atoms with Crippen LogP contribution in [0, 0.1) is 0 Å². The van der Waals surface area contributed by atoms with Gasteiger partial charge in [-0.05, 0) is 0 Å². The van der Waals surface area contributed by atoms with E-state index in [9.17, 15) is 4.79 Å². The normalized spacial score (nSPS) is 10.6. The Kier molecular flexibility index (Phi) is 4.75. The summed E-state index contributed by atoms with van der Waals surface area (Å²) in [5, 5.41) is 17.8. The summed E-state index contributed by atoms with van der Waals surface area (Å²) in [5.74, 6) is 0.0410. The van der Waals surface area contributed by atoms with Crippen molar-refractivity contribution in [2.75, 3.05) is 19.7 Å². The maximum atomic E-state index is 11.1. The Morgan fingerprint density at radius 3 is 2.88 bits per heavy atom. The lowest BCUT2D eigenvalue weighted by atomic mass is 10.3. The monoisotopic (exact) mass is 225 g/mol. The molecule has 1 heterocycles. The van der Waals surface area contributed by atoms with Crippen molar-refractivity contribution in [3.63, 3.8) is 0 Å². The molecule has 0 aliphatic rings. The number of hydrogen-bond acceptors (Lipinski definition) is 5. The molecule has 88 valence electrons. The molecule has 0 saturated carbocycles. The third kappa shape index (κ3) is 3.52. The molecule has 0 fully saturated rings. The molecule has 5 nitrogen and oxygen atoms in total. The second-order valence-corrected chi connectivity index (χ2v) is 3.34. The van der Waals surface area contributed by atoms with Crippen molar-refractivity contribution in [2.45, 2.75) is 6.54 Å². The van der Waals surface area contributed by atoms with E-state index in [1.807, 2.05) is 4.90 Å². The third-order valence-corrected chi connectivity index (χ3v) is 2.05. The van der Waals surface area contributed by atoms with Crippen molar-refractivity contribution >= 4 is 0 Å². The van der Waals surface area contributed by atoms with Crippen molar-refractivity contribution in [3.8, 4) is 5.75 Å². The van der Waals surface area contributed by atoms with Gasteiger partial charge in [-0.2, -0.15) is 0 Å². The number of hydrogen-bond donors (Lipinski definition) is 2. The summed E-state index contributed by atoms with van der Waals surface area (Å²) in [7, 11) is 0. The second kappa shape index (κ2) is 6.09. The minimum Gasteiger partial charge on any atom is -0.502 e. The van der Waals surface area contributed by atoms with Crippen molar-refractivity contribution in [1.82, 2.24) is 4.90 Å². The fraction of sp³-hybridized carbons (Fsp3) is 0.364. The molecule has 0 aliphatic heterocycles. The topological polar surface area (TPSA) is 73.9 Å². The lowest BCUT2D eigenvalue weighted by molar-refractivity contribution is 0.192. The standard InChI is InChI=1S/C11H15NO4/c1-2-3-12(4-5-13)7-9-6-10(14)11(15)8-16-9/h2,6,8,13,15H,1,3-5,7H2. The summed E-state index contributed by atoms with van der Waals surface area (Å²) in [5.41, 5.74) is -0.469. The zero-order valence-electron chi connectivity index (χ0n) is 8.93. The first-order chi connectivity index (χ1) is 7.67. The molecule has 0 aliphatic carbocycles. The van der Waals surface area contributed by atoms with Gasteiger partial charge in [0.25, 0.3) is 0 Å². The molecular formula is C11H15NO4. The Hall–Kier alpha value is -1.59. The average Bonchev–Trinajstić information content (AvgIpc) is 2.24. The first kappa shape index (κ1) is 12.5. The van der Waals surface area contributed by atoms with Crippen LogP contribution in [0.5, 0.6) is 5.75 Å². The molecule has 5 heteroatoms. The number of aliphatic hydroxyl groups is 1. The molecule has 0 radical (unpaired) electrons. The third-order valence-electron chi connectivity index (χ3n) is 2.05. The van der Waals surface area contributed by atoms with Gasteiger partial charge in [-0.3, -0.25) is 9.69 Å². The van der Waals surface area contributed by atoms with Gasteiger partial charge in [0, 0.05) is 19.2 Å². The molecule has 0 aromatic carbocycles. The molecule has 0 bridgehead atoms. The van der Waals surface area contributed by atoms with Crippen molar-refractivity contribution in [1.29, 1.82) is 0 Å². The van der Waals surface area contributed by atoms with E-state index in [4.69, 9.17) is 14.6 Å². The van der Waals surface area contributed by atoms with Crippen molar-refractivity contribution < 1.29 is 14.6 Å². The van der Waals surface area contributed by atoms with Crippen LogP contribution in [0.25, 0.3) is 0 Å². The van der Waals surface area contributed by atoms with Crippen LogP contribution < -0.4 is 5.43 Å². The molecule has 0 unspecified atom stereocenters. The summed E-state index contributed by atoms with van der Waals surface area (Å²) in [6.07, 6.45) is 2.72. The molecule has 0 amide bonds. The van der Waals surface area contributed by atoms with Gasteiger partial charge in [0.1, 0.15) is 12.0 Å². The predicted molar refractivity (Wildman–Crippen MR) is 59.2 cm³/mol. The Labute approximate surface area is 93.2 Å². The van der Waals surface area contributed by atoms with Gasteiger partial charge >= 0.3 is 0 Å². The maximum Gasteiger partial charge on any atom is 0.226 e. The summed E-state index contributed by atoms with van der Waals surface area (Å²) in [6.45, 7) is 5.07. The Balaban J connectivity index is 2.72. The summed E-state index contributed by atoms with van der Waals surface area (Å²) < 4.78 is 5.05. The van der Waals surface area contributed by atoms with Gasteiger partial charge in [0.05, 0.1) is 13.2 Å². The second-order valence-electron chi connectivity index (χ2n) is 3.34. The van der Waals surface area contributed by atoms with Gasteiger partial charge in [-0.15, -0.1) is 6.58 Å². The lowest BCUT2D eigenvalue weighted by Gasteiger charge is -2.18. The Bertz CT molecular complexity index is 399. The van der Waals surface area contributed by atoms with Crippen LogP contribution in [-0.4, -0.2) is 34.8 Å². The van der Waals surface area contributed by atoms with Crippen LogP contribution in [0.4, 0.5) is 0 Å². The van der Waals surface area contributed by atoms with Crippen molar-refractivity contribution in [3.05, 3.63) is 41.0 Å². The highest BCUT2D eigenvalue weighted by atomic mass is 16.4. The maximum absolute atomic E-state index is 11.1. The first-order valence-electron chi connectivity index (χ1n) is 4.92. The minimum absolute atomic E-state index is 0.0240. The van der Waals surface area contributed by atoms with Gasteiger partial charge < -0.3 is 14.6 Å². The predicted octanol–water partition coefficient (Wildman–Crippen LogP) is 0.326. The molecule has 2 N–H and O–H groups in total. The highest BCUT2D eigenvalue weighted by Gasteiger charge is 2.07. The van der Waals surface area contributed by atoms with Crippen LogP contribution in [0.3, 0.4) is 0 Å². The molecule has 1 aromatic heterocycles.